The van der Waals surface area contributed by atoms with Crippen LogP contribution in [0.2, 0.25) is 0 Å². The minimum absolute atomic E-state index is 0.598. The summed E-state index contributed by atoms with van der Waals surface area (Å²) in [5, 5.41) is 4.19. The number of nitrogens with two attached hydrogens (primary N) is 1. The molecule has 29 heavy (non-hydrogen) atoms. The monoisotopic (exact) mass is 410 g/mol. The molecule has 2 bridgehead atoms. The van der Waals surface area contributed by atoms with Crippen molar-refractivity contribution in [2.75, 3.05) is 18.5 Å². The number of hydrogen-bond donors (Lipinski definition) is 2. The van der Waals surface area contributed by atoms with Gasteiger partial charge < -0.3 is 5.73 Å². The molecule has 0 spiro atoms. The number of amides is 2. The van der Waals surface area contributed by atoms with Crippen molar-refractivity contribution in [3.63, 3.8) is 0 Å². The molecule has 2 aromatic rings. The summed E-state index contributed by atoms with van der Waals surface area (Å²) in [5.74, 6) is 0.598. The zero-order chi connectivity index (χ0) is 20.1. The van der Waals surface area contributed by atoms with Gasteiger partial charge in [-0.2, -0.15) is 4.79 Å². The zero-order valence-corrected chi connectivity index (χ0v) is 17.2. The highest BCUT2D eigenvalue weighted by molar-refractivity contribution is 7.15. The minimum atomic E-state index is -0.663. The van der Waals surface area contributed by atoms with E-state index in [9.17, 15) is 4.79 Å². The quantitative estimate of drug-likeness (QED) is 0.802. The van der Waals surface area contributed by atoms with Gasteiger partial charge in [0.25, 0.3) is 0 Å². The molecule has 3 N–H and O–H groups in total. The van der Waals surface area contributed by atoms with Crippen LogP contribution in [0.3, 0.4) is 0 Å². The molecule has 8 heteroatoms. The van der Waals surface area contributed by atoms with Crippen LogP contribution in [0.4, 0.5) is 4.79 Å². The lowest BCUT2D eigenvalue weighted by Gasteiger charge is -2.18. The molecule has 2 aromatic heterocycles. The highest BCUT2D eigenvalue weighted by Crippen LogP contribution is 2.27. The molecule has 152 valence electrons. The Kier molecular flexibility index (Phi) is 6.21. The topological polar surface area (TPSA) is 89.1 Å². The highest BCUT2D eigenvalue weighted by atomic mass is 32.1. The van der Waals surface area contributed by atoms with E-state index in [2.05, 4.69) is 50.8 Å². The van der Waals surface area contributed by atoms with E-state index in [1.54, 1.807) is 11.3 Å². The molecule has 3 aliphatic rings. The van der Waals surface area contributed by atoms with Crippen molar-refractivity contribution in [2.24, 2.45) is 5.73 Å². The third-order valence-corrected chi connectivity index (χ3v) is 6.17. The van der Waals surface area contributed by atoms with E-state index >= 15 is 0 Å². The summed E-state index contributed by atoms with van der Waals surface area (Å²) in [5.41, 5.74) is 10.3. The summed E-state index contributed by atoms with van der Waals surface area (Å²) < 4.78 is 0. The number of primary amides is 1. The number of nitrogens with one attached hydrogen (secondary N) is 1. The number of fused-ring (bicyclic) bond motifs is 2. The van der Waals surface area contributed by atoms with E-state index in [1.807, 2.05) is 6.07 Å². The number of thiophene rings is 1. The lowest BCUT2D eigenvalue weighted by molar-refractivity contribution is 0.256. The maximum absolute atomic E-state index is 10.8. The molecule has 0 unspecified atom stereocenters. The molecule has 5 rings (SSSR count). The number of urea groups is 1. The second-order valence-corrected chi connectivity index (χ2v) is 8.61. The standard InChI is InChI=1S/C14H20N6OS.C7H6/c15-14(21)18-20-10-16-13(17-20)12-6-5-11(22-12)9-19-7-3-1-2-4-8-19;1-2-7-4-3-6(1)5-7/h5-6,10H,1-4,7-9H2,(H3,15,18,21);1-4H,5H2. The van der Waals surface area contributed by atoms with Gasteiger partial charge in [0, 0.05) is 11.4 Å². The van der Waals surface area contributed by atoms with Gasteiger partial charge in [0.05, 0.1) is 4.88 Å². The molecule has 0 saturated carbocycles. The number of carbonyl (C=O) groups is 1. The third-order valence-electron chi connectivity index (χ3n) is 5.11. The predicted molar refractivity (Wildman–Crippen MR) is 116 cm³/mol. The summed E-state index contributed by atoms with van der Waals surface area (Å²) in [6.45, 7) is 3.36. The normalized spacial score (nSPS) is 17.9. The van der Waals surface area contributed by atoms with Crippen molar-refractivity contribution in [1.29, 1.82) is 0 Å². The van der Waals surface area contributed by atoms with Crippen molar-refractivity contribution in [1.82, 2.24) is 19.8 Å². The first-order valence-corrected chi connectivity index (χ1v) is 10.8. The molecule has 0 atom stereocenters. The van der Waals surface area contributed by atoms with Gasteiger partial charge in [-0.3, -0.25) is 4.90 Å². The average molecular weight is 411 g/mol. The largest absolute Gasteiger partial charge is 0.350 e. The fourth-order valence-corrected chi connectivity index (χ4v) is 4.64. The van der Waals surface area contributed by atoms with Crippen LogP contribution in [0.1, 0.15) is 37.0 Å². The van der Waals surface area contributed by atoms with Gasteiger partial charge >= 0.3 is 6.03 Å². The van der Waals surface area contributed by atoms with Gasteiger partial charge in [0.1, 0.15) is 6.33 Å². The Morgan fingerprint density at radius 2 is 1.83 bits per heavy atom. The van der Waals surface area contributed by atoms with E-state index in [0.717, 1.165) is 11.4 Å². The maximum atomic E-state index is 10.8. The lowest BCUT2D eigenvalue weighted by atomic mass is 10.2. The third kappa shape index (κ3) is 5.42. The van der Waals surface area contributed by atoms with Crippen LogP contribution >= 0.6 is 11.3 Å². The van der Waals surface area contributed by atoms with Gasteiger partial charge in [-0.25, -0.2) is 15.2 Å². The van der Waals surface area contributed by atoms with Gasteiger partial charge in [0.2, 0.25) is 0 Å². The average Bonchev–Trinajstić information content (AvgIpc) is 3.48. The van der Waals surface area contributed by atoms with E-state index in [4.69, 9.17) is 5.73 Å². The molecular formula is C21H26N6OS. The Morgan fingerprint density at radius 1 is 1.10 bits per heavy atom. The van der Waals surface area contributed by atoms with Crippen molar-refractivity contribution >= 4 is 17.4 Å². The number of carbonyl (C=O) groups excluding carboxylic acids is 1. The molecule has 1 saturated heterocycles. The predicted octanol–water partition coefficient (Wildman–Crippen LogP) is 3.82. The lowest BCUT2D eigenvalue weighted by Crippen LogP contribution is -2.28. The van der Waals surface area contributed by atoms with Crippen LogP contribution in [0.25, 0.3) is 10.7 Å². The number of likely N-dealkylation sites (tertiary alicyclic amines) is 1. The Hall–Kier alpha value is -2.71. The Labute approximate surface area is 174 Å². The van der Waals surface area contributed by atoms with Crippen molar-refractivity contribution in [3.8, 4) is 10.7 Å². The van der Waals surface area contributed by atoms with Crippen LogP contribution < -0.4 is 11.2 Å². The van der Waals surface area contributed by atoms with Crippen molar-refractivity contribution in [3.05, 3.63) is 58.8 Å². The summed E-state index contributed by atoms with van der Waals surface area (Å²) in [4.78, 5) is 21.0. The first-order valence-electron chi connectivity index (χ1n) is 10.0. The Bertz CT molecular complexity index is 926. The molecule has 0 aromatic carbocycles. The van der Waals surface area contributed by atoms with E-state index in [0.29, 0.717) is 5.82 Å². The summed E-state index contributed by atoms with van der Waals surface area (Å²) >= 11 is 1.69. The fourth-order valence-electron chi connectivity index (χ4n) is 3.65. The number of aromatic nitrogens is 3. The second kappa shape index (κ2) is 9.19. The van der Waals surface area contributed by atoms with Crippen LogP contribution in [-0.2, 0) is 6.54 Å². The van der Waals surface area contributed by atoms with Crippen LogP contribution in [0, 0.1) is 0 Å². The molecule has 2 amide bonds. The summed E-state index contributed by atoms with van der Waals surface area (Å²) in [6.07, 6.45) is 16.6. The molecule has 3 heterocycles. The van der Waals surface area contributed by atoms with Gasteiger partial charge in [-0.1, -0.05) is 37.1 Å². The smallest absolute Gasteiger partial charge is 0.332 e. The van der Waals surface area contributed by atoms with Gasteiger partial charge in [-0.05, 0) is 55.6 Å². The van der Waals surface area contributed by atoms with Gasteiger partial charge in [0.15, 0.2) is 5.82 Å². The summed E-state index contributed by atoms with van der Waals surface area (Å²) in [6, 6.07) is 3.50. The van der Waals surface area contributed by atoms with Crippen molar-refractivity contribution < 1.29 is 4.79 Å². The van der Waals surface area contributed by atoms with E-state index in [1.165, 1.54) is 72.3 Å². The number of rotatable bonds is 4. The number of hydrogen-bond acceptors (Lipinski definition) is 5. The molecule has 2 aliphatic carbocycles. The Balaban J connectivity index is 0.000000243. The first-order chi connectivity index (χ1) is 14.2. The van der Waals surface area contributed by atoms with Crippen molar-refractivity contribution in [2.45, 2.75) is 38.6 Å². The molecule has 7 nitrogen and oxygen atoms in total. The zero-order valence-electron chi connectivity index (χ0n) is 16.4. The first kappa shape index (κ1) is 19.6. The van der Waals surface area contributed by atoms with E-state index < -0.39 is 6.03 Å². The van der Waals surface area contributed by atoms with Crippen LogP contribution in [0.15, 0.2) is 53.9 Å². The van der Waals surface area contributed by atoms with E-state index in [-0.39, 0.29) is 0 Å². The molecule has 0 radical (unpaired) electrons. The van der Waals surface area contributed by atoms with Crippen LogP contribution in [-0.4, -0.2) is 38.9 Å². The minimum Gasteiger partial charge on any atom is -0.350 e. The maximum Gasteiger partial charge on any atom is 0.332 e. The van der Waals surface area contributed by atoms with Gasteiger partial charge in [-0.15, -0.1) is 16.4 Å². The SMILES string of the molecule is C1=CC2=CC=C1C2.NC(=O)Nn1cnc(-c2ccc(CN3CCCCCC3)s2)n1. The molecule has 1 aliphatic heterocycles. The highest BCUT2D eigenvalue weighted by Gasteiger charge is 2.13. The molecule has 1 fully saturated rings. The summed E-state index contributed by atoms with van der Waals surface area (Å²) in [7, 11) is 0. The fraction of sp³-hybridized carbons (Fsp3) is 0.381. The number of allylic oxidation sites excluding steroid dienone is 6. The molecular weight excluding hydrogens is 384 g/mol. The van der Waals surface area contributed by atoms with Crippen LogP contribution in [0.5, 0.6) is 0 Å². The Morgan fingerprint density at radius 3 is 2.41 bits per heavy atom. The number of nitrogens with zero attached hydrogens (tertiary/aromatic N) is 4. The second-order valence-electron chi connectivity index (χ2n) is 7.44.